The molecule has 1 atom stereocenters. The molecule has 0 aliphatic carbocycles. The minimum Gasteiger partial charge on any atom is -0.478 e. The lowest BCUT2D eigenvalue weighted by Crippen LogP contribution is -2.50. The number of hydrogen-bond acceptors (Lipinski definition) is 5. The molecule has 0 saturated carbocycles. The molecule has 0 bridgehead atoms. The molecule has 1 aliphatic rings. The van der Waals surface area contributed by atoms with Gasteiger partial charge in [0, 0.05) is 12.6 Å². The molecule has 1 aliphatic heterocycles. The molecular formula is C14H20F2N4O2. The lowest BCUT2D eigenvalue weighted by molar-refractivity contribution is -0.123. The first kappa shape index (κ1) is 16.4. The van der Waals surface area contributed by atoms with E-state index >= 15 is 0 Å². The number of piperidine rings is 1. The fourth-order valence-corrected chi connectivity index (χ4v) is 2.49. The number of ether oxygens (including phenoxy) is 1. The molecule has 1 saturated heterocycles. The van der Waals surface area contributed by atoms with Crippen LogP contribution in [0.1, 0.15) is 26.2 Å². The Morgan fingerprint density at radius 2 is 2.32 bits per heavy atom. The molecule has 2 rings (SSSR count). The highest BCUT2D eigenvalue weighted by molar-refractivity contribution is 5.85. The van der Waals surface area contributed by atoms with Crippen LogP contribution in [0.5, 0.6) is 5.88 Å². The largest absolute Gasteiger partial charge is 0.478 e. The highest BCUT2D eigenvalue weighted by Crippen LogP contribution is 2.25. The van der Waals surface area contributed by atoms with Gasteiger partial charge < -0.3 is 15.0 Å². The maximum atomic E-state index is 12.3. The van der Waals surface area contributed by atoms with Gasteiger partial charge in [0.2, 0.25) is 11.8 Å². The van der Waals surface area contributed by atoms with E-state index in [1.165, 1.54) is 6.33 Å². The van der Waals surface area contributed by atoms with Gasteiger partial charge in [-0.2, -0.15) is 0 Å². The molecule has 1 amide bonds. The number of amides is 1. The van der Waals surface area contributed by atoms with Gasteiger partial charge in [0.05, 0.1) is 13.2 Å². The summed E-state index contributed by atoms with van der Waals surface area (Å²) in [5, 5.41) is 2.29. The van der Waals surface area contributed by atoms with Crippen molar-refractivity contribution in [2.45, 2.75) is 38.7 Å². The molecule has 0 unspecified atom stereocenters. The average Bonchev–Trinajstić information content (AvgIpc) is 2.53. The predicted octanol–water partition coefficient (Wildman–Crippen LogP) is 1.62. The first-order valence-electron chi connectivity index (χ1n) is 7.39. The third kappa shape index (κ3) is 4.25. The van der Waals surface area contributed by atoms with E-state index in [0.717, 1.165) is 12.8 Å². The maximum absolute atomic E-state index is 12.3. The number of nitrogens with zero attached hydrogens (tertiary/aromatic N) is 3. The quantitative estimate of drug-likeness (QED) is 0.864. The van der Waals surface area contributed by atoms with Gasteiger partial charge in [0.25, 0.3) is 6.43 Å². The third-order valence-electron chi connectivity index (χ3n) is 3.45. The van der Waals surface area contributed by atoms with Crippen molar-refractivity contribution in [1.29, 1.82) is 0 Å². The molecule has 0 radical (unpaired) electrons. The molecule has 1 aromatic heterocycles. The Balaban J connectivity index is 2.11. The van der Waals surface area contributed by atoms with Crippen LogP contribution in [0.3, 0.4) is 0 Å². The monoisotopic (exact) mass is 314 g/mol. The zero-order valence-electron chi connectivity index (χ0n) is 12.5. The number of rotatable bonds is 6. The Morgan fingerprint density at radius 1 is 1.50 bits per heavy atom. The number of anilines is 1. The number of aromatic nitrogens is 2. The van der Waals surface area contributed by atoms with Gasteiger partial charge >= 0.3 is 0 Å². The summed E-state index contributed by atoms with van der Waals surface area (Å²) in [5.74, 6) is 0.622. The van der Waals surface area contributed by atoms with Crippen LogP contribution in [0.25, 0.3) is 0 Å². The third-order valence-corrected chi connectivity index (χ3v) is 3.45. The van der Waals surface area contributed by atoms with Gasteiger partial charge in [0.15, 0.2) is 0 Å². The fraction of sp³-hybridized carbons (Fsp3) is 0.643. The zero-order chi connectivity index (χ0) is 15.9. The van der Waals surface area contributed by atoms with E-state index in [2.05, 4.69) is 15.3 Å². The number of nitrogens with one attached hydrogen (secondary N) is 1. The van der Waals surface area contributed by atoms with Crippen molar-refractivity contribution in [2.24, 2.45) is 0 Å². The van der Waals surface area contributed by atoms with Gasteiger partial charge in [0.1, 0.15) is 18.2 Å². The van der Waals surface area contributed by atoms with Gasteiger partial charge in [-0.25, -0.2) is 18.7 Å². The number of carbonyl (C=O) groups excluding carboxylic acids is 1. The van der Waals surface area contributed by atoms with E-state index < -0.39 is 24.9 Å². The first-order valence-corrected chi connectivity index (χ1v) is 7.39. The zero-order valence-corrected chi connectivity index (χ0v) is 12.5. The van der Waals surface area contributed by atoms with E-state index in [9.17, 15) is 13.6 Å². The fourth-order valence-electron chi connectivity index (χ4n) is 2.49. The molecule has 1 fully saturated rings. The van der Waals surface area contributed by atoms with Crippen LogP contribution in [-0.4, -0.2) is 48.0 Å². The Kier molecular flexibility index (Phi) is 5.85. The Labute approximate surface area is 127 Å². The van der Waals surface area contributed by atoms with Crippen LogP contribution in [0, 0.1) is 0 Å². The van der Waals surface area contributed by atoms with Crippen LogP contribution in [-0.2, 0) is 4.79 Å². The van der Waals surface area contributed by atoms with Crippen LogP contribution >= 0.6 is 0 Å². The summed E-state index contributed by atoms with van der Waals surface area (Å²) in [7, 11) is 0. The summed E-state index contributed by atoms with van der Waals surface area (Å²) in [5.41, 5.74) is 0. The van der Waals surface area contributed by atoms with Crippen LogP contribution < -0.4 is 15.0 Å². The molecule has 22 heavy (non-hydrogen) atoms. The molecule has 1 N–H and O–H groups in total. The van der Waals surface area contributed by atoms with E-state index in [0.29, 0.717) is 31.3 Å². The van der Waals surface area contributed by atoms with Crippen molar-refractivity contribution in [3.8, 4) is 5.88 Å². The summed E-state index contributed by atoms with van der Waals surface area (Å²) < 4.78 is 29.8. The highest BCUT2D eigenvalue weighted by atomic mass is 19.3. The number of carbonyl (C=O) groups is 1. The smallest absolute Gasteiger partial charge is 0.255 e. The minimum atomic E-state index is -2.55. The topological polar surface area (TPSA) is 67.3 Å². The maximum Gasteiger partial charge on any atom is 0.255 e. The van der Waals surface area contributed by atoms with E-state index in [1.54, 1.807) is 6.07 Å². The second-order valence-electron chi connectivity index (χ2n) is 4.99. The SMILES string of the molecule is CCOc1cc(N2CCCC[C@H]2C(=O)NCC(F)F)ncn1. The lowest BCUT2D eigenvalue weighted by atomic mass is 10.0. The van der Waals surface area contributed by atoms with Gasteiger partial charge in [-0.05, 0) is 26.2 Å². The van der Waals surface area contributed by atoms with Crippen molar-refractivity contribution < 1.29 is 18.3 Å². The van der Waals surface area contributed by atoms with Crippen molar-refractivity contribution in [1.82, 2.24) is 15.3 Å². The number of hydrogen-bond donors (Lipinski definition) is 1. The molecule has 0 spiro atoms. The molecule has 1 aromatic rings. The molecule has 8 heteroatoms. The average molecular weight is 314 g/mol. The standard InChI is InChI=1S/C14H20F2N4O2/c1-2-22-13-7-12(18-9-19-13)20-6-4-3-5-10(20)14(21)17-8-11(15)16/h7,9-11H,2-6,8H2,1H3,(H,17,21)/t10-/m0/s1. The van der Waals surface area contributed by atoms with Crippen molar-refractivity contribution in [3.63, 3.8) is 0 Å². The van der Waals surface area contributed by atoms with E-state index in [1.807, 2.05) is 11.8 Å². The van der Waals surface area contributed by atoms with Crippen LogP contribution in [0.15, 0.2) is 12.4 Å². The lowest BCUT2D eigenvalue weighted by Gasteiger charge is -2.35. The second-order valence-corrected chi connectivity index (χ2v) is 4.99. The minimum absolute atomic E-state index is 0.392. The molecule has 6 nitrogen and oxygen atoms in total. The summed E-state index contributed by atoms with van der Waals surface area (Å²) in [6.07, 6.45) is 1.25. The summed E-state index contributed by atoms with van der Waals surface area (Å²) >= 11 is 0. The Bertz CT molecular complexity index is 501. The van der Waals surface area contributed by atoms with Gasteiger partial charge in [-0.3, -0.25) is 4.79 Å². The normalized spacial score (nSPS) is 18.4. The molecular weight excluding hydrogens is 294 g/mol. The Hall–Kier alpha value is -1.99. The molecule has 122 valence electrons. The summed E-state index contributed by atoms with van der Waals surface area (Å²) in [6.45, 7) is 2.35. The van der Waals surface area contributed by atoms with Crippen molar-refractivity contribution in [2.75, 3.05) is 24.6 Å². The second kappa shape index (κ2) is 7.86. The number of alkyl halides is 2. The highest BCUT2D eigenvalue weighted by Gasteiger charge is 2.30. The van der Waals surface area contributed by atoms with E-state index in [-0.39, 0.29) is 0 Å². The van der Waals surface area contributed by atoms with Crippen molar-refractivity contribution in [3.05, 3.63) is 12.4 Å². The van der Waals surface area contributed by atoms with Gasteiger partial charge in [-0.15, -0.1) is 0 Å². The molecule has 0 aromatic carbocycles. The molecule has 2 heterocycles. The van der Waals surface area contributed by atoms with Crippen LogP contribution in [0.4, 0.5) is 14.6 Å². The predicted molar refractivity (Wildman–Crippen MR) is 77.2 cm³/mol. The summed E-state index contributed by atoms with van der Waals surface area (Å²) in [4.78, 5) is 22.1. The Morgan fingerprint density at radius 3 is 3.05 bits per heavy atom. The summed E-state index contributed by atoms with van der Waals surface area (Å²) in [6, 6.07) is 1.18. The van der Waals surface area contributed by atoms with E-state index in [4.69, 9.17) is 4.74 Å². The van der Waals surface area contributed by atoms with Gasteiger partial charge in [-0.1, -0.05) is 0 Å². The first-order chi connectivity index (χ1) is 10.6. The van der Waals surface area contributed by atoms with Crippen molar-refractivity contribution >= 4 is 11.7 Å². The van der Waals surface area contributed by atoms with Crippen LogP contribution in [0.2, 0.25) is 0 Å². The number of halogens is 2.